The quantitative estimate of drug-likeness (QED) is 0.837. The van der Waals surface area contributed by atoms with Crippen molar-refractivity contribution in [2.24, 2.45) is 0 Å². The van der Waals surface area contributed by atoms with Crippen LogP contribution in [-0.4, -0.2) is 45.1 Å². The van der Waals surface area contributed by atoms with Crippen LogP contribution in [0.1, 0.15) is 13.8 Å². The van der Waals surface area contributed by atoms with Crippen molar-refractivity contribution in [3.63, 3.8) is 0 Å². The topological polar surface area (TPSA) is 75.4 Å². The Balaban J connectivity index is 2.23. The van der Waals surface area contributed by atoms with Crippen molar-refractivity contribution in [1.82, 2.24) is 24.9 Å². The standard InChI is InChI=1S/C11H15ClN6O/c1-7(2)15-9(19)5-17(3)10-4-8(12)16-11-13-6-14-18(10)11/h4,6-7H,5H2,1-3H3,(H,15,19). The van der Waals surface area contributed by atoms with E-state index in [2.05, 4.69) is 20.4 Å². The molecule has 0 bridgehead atoms. The minimum absolute atomic E-state index is 0.0706. The molecule has 102 valence electrons. The summed E-state index contributed by atoms with van der Waals surface area (Å²) >= 11 is 5.93. The second-order valence-electron chi connectivity index (χ2n) is 4.49. The molecule has 8 heteroatoms. The third-order valence-corrected chi connectivity index (χ3v) is 2.62. The second kappa shape index (κ2) is 5.40. The fourth-order valence-electron chi connectivity index (χ4n) is 1.70. The Morgan fingerprint density at radius 2 is 2.32 bits per heavy atom. The molecule has 0 fully saturated rings. The minimum atomic E-state index is -0.0706. The molecule has 2 rings (SSSR count). The number of amides is 1. The first-order valence-corrected chi connectivity index (χ1v) is 6.22. The molecule has 0 saturated heterocycles. The molecule has 0 aliphatic heterocycles. The van der Waals surface area contributed by atoms with Crippen molar-refractivity contribution in [2.75, 3.05) is 18.5 Å². The van der Waals surface area contributed by atoms with Crippen molar-refractivity contribution < 1.29 is 4.79 Å². The maximum Gasteiger partial charge on any atom is 0.255 e. The summed E-state index contributed by atoms with van der Waals surface area (Å²) in [4.78, 5) is 21.5. The van der Waals surface area contributed by atoms with E-state index < -0.39 is 0 Å². The maximum atomic E-state index is 11.7. The Kier molecular flexibility index (Phi) is 3.84. The highest BCUT2D eigenvalue weighted by Gasteiger charge is 2.13. The fourth-order valence-corrected chi connectivity index (χ4v) is 1.88. The van der Waals surface area contributed by atoms with Crippen molar-refractivity contribution in [3.8, 4) is 0 Å². The first-order valence-electron chi connectivity index (χ1n) is 5.84. The summed E-state index contributed by atoms with van der Waals surface area (Å²) < 4.78 is 1.54. The Labute approximate surface area is 115 Å². The van der Waals surface area contributed by atoms with Crippen LogP contribution in [0.3, 0.4) is 0 Å². The van der Waals surface area contributed by atoms with E-state index in [0.29, 0.717) is 16.7 Å². The van der Waals surface area contributed by atoms with E-state index in [4.69, 9.17) is 11.6 Å². The van der Waals surface area contributed by atoms with Gasteiger partial charge in [-0.15, -0.1) is 0 Å². The van der Waals surface area contributed by atoms with Gasteiger partial charge in [-0.25, -0.2) is 0 Å². The first kappa shape index (κ1) is 13.5. The van der Waals surface area contributed by atoms with Crippen molar-refractivity contribution >= 4 is 29.1 Å². The van der Waals surface area contributed by atoms with Crippen LogP contribution in [0.2, 0.25) is 5.15 Å². The van der Waals surface area contributed by atoms with Gasteiger partial charge in [0.1, 0.15) is 17.3 Å². The Hall–Kier alpha value is -1.89. The smallest absolute Gasteiger partial charge is 0.255 e. The monoisotopic (exact) mass is 282 g/mol. The number of nitrogens with one attached hydrogen (secondary N) is 1. The van der Waals surface area contributed by atoms with E-state index in [1.807, 2.05) is 13.8 Å². The highest BCUT2D eigenvalue weighted by atomic mass is 35.5. The summed E-state index contributed by atoms with van der Waals surface area (Å²) in [6.07, 6.45) is 1.39. The first-order chi connectivity index (χ1) is 8.97. The number of aromatic nitrogens is 4. The van der Waals surface area contributed by atoms with E-state index in [1.165, 1.54) is 10.8 Å². The molecule has 19 heavy (non-hydrogen) atoms. The predicted octanol–water partition coefficient (Wildman–Crippen LogP) is 0.738. The lowest BCUT2D eigenvalue weighted by atomic mass is 10.4. The number of carbonyl (C=O) groups is 1. The molecule has 0 aliphatic carbocycles. The Morgan fingerprint density at radius 1 is 1.58 bits per heavy atom. The van der Waals surface area contributed by atoms with Gasteiger partial charge in [-0.2, -0.15) is 19.6 Å². The van der Waals surface area contributed by atoms with Gasteiger partial charge in [-0.1, -0.05) is 11.6 Å². The van der Waals surface area contributed by atoms with Gasteiger partial charge in [0.25, 0.3) is 5.78 Å². The molecule has 2 heterocycles. The van der Waals surface area contributed by atoms with Gasteiger partial charge in [0.15, 0.2) is 0 Å². The summed E-state index contributed by atoms with van der Waals surface area (Å²) in [6.45, 7) is 4.03. The van der Waals surface area contributed by atoms with E-state index in [0.717, 1.165) is 0 Å². The molecular formula is C11H15ClN6O. The Bertz CT molecular complexity index is 596. The third-order valence-electron chi connectivity index (χ3n) is 2.42. The van der Waals surface area contributed by atoms with Crippen LogP contribution in [0.15, 0.2) is 12.4 Å². The number of anilines is 1. The van der Waals surface area contributed by atoms with E-state index in [-0.39, 0.29) is 18.5 Å². The zero-order valence-electron chi connectivity index (χ0n) is 11.0. The zero-order valence-corrected chi connectivity index (χ0v) is 11.7. The van der Waals surface area contributed by atoms with Gasteiger partial charge in [-0.05, 0) is 13.8 Å². The lowest BCUT2D eigenvalue weighted by Crippen LogP contribution is -2.39. The third kappa shape index (κ3) is 3.11. The second-order valence-corrected chi connectivity index (χ2v) is 4.87. The number of nitrogens with zero attached hydrogens (tertiary/aromatic N) is 5. The minimum Gasteiger partial charge on any atom is -0.352 e. The van der Waals surface area contributed by atoms with Crippen LogP contribution in [0.4, 0.5) is 5.82 Å². The molecule has 0 radical (unpaired) electrons. The van der Waals surface area contributed by atoms with Crippen molar-refractivity contribution in [3.05, 3.63) is 17.5 Å². The van der Waals surface area contributed by atoms with E-state index >= 15 is 0 Å². The lowest BCUT2D eigenvalue weighted by molar-refractivity contribution is -0.120. The number of carbonyl (C=O) groups excluding carboxylic acids is 1. The van der Waals surface area contributed by atoms with Gasteiger partial charge in [0.2, 0.25) is 5.91 Å². The molecule has 7 nitrogen and oxygen atoms in total. The molecule has 1 N–H and O–H groups in total. The predicted molar refractivity (Wildman–Crippen MR) is 72.3 cm³/mol. The van der Waals surface area contributed by atoms with Gasteiger partial charge < -0.3 is 10.2 Å². The largest absolute Gasteiger partial charge is 0.352 e. The molecule has 1 amide bonds. The molecule has 0 unspecified atom stereocenters. The average molecular weight is 283 g/mol. The van der Waals surface area contributed by atoms with Crippen LogP contribution in [0.25, 0.3) is 5.78 Å². The molecule has 2 aromatic heterocycles. The van der Waals surface area contributed by atoms with Crippen LogP contribution < -0.4 is 10.2 Å². The van der Waals surface area contributed by atoms with Crippen LogP contribution in [-0.2, 0) is 4.79 Å². The highest BCUT2D eigenvalue weighted by molar-refractivity contribution is 6.29. The van der Waals surface area contributed by atoms with Crippen molar-refractivity contribution in [1.29, 1.82) is 0 Å². The van der Waals surface area contributed by atoms with Crippen LogP contribution in [0, 0.1) is 0 Å². The molecule has 0 spiro atoms. The van der Waals surface area contributed by atoms with Crippen molar-refractivity contribution in [2.45, 2.75) is 19.9 Å². The van der Waals surface area contributed by atoms with Gasteiger partial charge in [0.05, 0.1) is 6.54 Å². The summed E-state index contributed by atoms with van der Waals surface area (Å²) in [5.74, 6) is 0.990. The molecule has 0 saturated carbocycles. The average Bonchev–Trinajstić information content (AvgIpc) is 2.73. The number of likely N-dealkylation sites (N-methyl/N-ethyl adjacent to an activating group) is 1. The number of halogens is 1. The molecule has 2 aromatic rings. The molecule has 0 aromatic carbocycles. The van der Waals surface area contributed by atoms with Gasteiger partial charge >= 0.3 is 0 Å². The normalized spacial score (nSPS) is 11.0. The van der Waals surface area contributed by atoms with Gasteiger partial charge in [-0.3, -0.25) is 4.79 Å². The Morgan fingerprint density at radius 3 is 3.00 bits per heavy atom. The van der Waals surface area contributed by atoms with Crippen LogP contribution in [0.5, 0.6) is 0 Å². The fraction of sp³-hybridized carbons (Fsp3) is 0.455. The number of hydrogen-bond acceptors (Lipinski definition) is 5. The van der Waals surface area contributed by atoms with Gasteiger partial charge in [0, 0.05) is 19.2 Å². The summed E-state index contributed by atoms with van der Waals surface area (Å²) in [7, 11) is 1.78. The lowest BCUT2D eigenvalue weighted by Gasteiger charge is -2.20. The molecule has 0 aliphatic rings. The maximum absolute atomic E-state index is 11.7. The molecule has 0 atom stereocenters. The summed E-state index contributed by atoms with van der Waals surface area (Å²) in [5, 5.41) is 7.20. The van der Waals surface area contributed by atoms with Crippen LogP contribution >= 0.6 is 11.6 Å². The SMILES string of the molecule is CC(C)NC(=O)CN(C)c1cc(Cl)nc2ncnn12. The summed E-state index contributed by atoms with van der Waals surface area (Å²) in [6, 6.07) is 1.75. The van der Waals surface area contributed by atoms with E-state index in [9.17, 15) is 4.79 Å². The number of fused-ring (bicyclic) bond motifs is 1. The number of hydrogen-bond donors (Lipinski definition) is 1. The zero-order chi connectivity index (χ0) is 14.0. The van der Waals surface area contributed by atoms with E-state index in [1.54, 1.807) is 18.0 Å². The number of rotatable bonds is 4. The molecular weight excluding hydrogens is 268 g/mol. The highest BCUT2D eigenvalue weighted by Crippen LogP contribution is 2.17. The summed E-state index contributed by atoms with van der Waals surface area (Å²) in [5.41, 5.74) is 0.